The average Bonchev–Trinajstić information content (AvgIpc) is 2.90. The van der Waals surface area contributed by atoms with E-state index in [1.807, 2.05) is 6.07 Å². The lowest BCUT2D eigenvalue weighted by Crippen LogP contribution is -2.18. The van der Waals surface area contributed by atoms with E-state index in [0.717, 1.165) is 30.7 Å². The first kappa shape index (κ1) is 12.7. The van der Waals surface area contributed by atoms with Crippen molar-refractivity contribution in [2.75, 3.05) is 13.7 Å². The number of hydrogen-bond donors (Lipinski definition) is 0. The van der Waals surface area contributed by atoms with E-state index < -0.39 is 0 Å². The molecule has 0 N–H and O–H groups in total. The third kappa shape index (κ3) is 1.92. The van der Waals surface area contributed by atoms with Crippen molar-refractivity contribution in [3.05, 3.63) is 42.5 Å². The molecule has 0 spiro atoms. The van der Waals surface area contributed by atoms with Crippen LogP contribution in [0, 0.1) is 0 Å². The Balaban J connectivity index is 2.08. The number of nitrogens with zero attached hydrogens (tertiary/aromatic N) is 1. The van der Waals surface area contributed by atoms with Gasteiger partial charge in [0.15, 0.2) is 0 Å². The smallest absolute Gasteiger partial charge is 0.143 e. The summed E-state index contributed by atoms with van der Waals surface area (Å²) in [4.78, 5) is 0. The highest BCUT2D eigenvalue weighted by Crippen LogP contribution is 2.39. The Labute approximate surface area is 124 Å². The summed E-state index contributed by atoms with van der Waals surface area (Å²) in [6.45, 7) is 0.841. The van der Waals surface area contributed by atoms with Gasteiger partial charge in [0.25, 0.3) is 0 Å². The van der Waals surface area contributed by atoms with Crippen LogP contribution in [0.4, 0.5) is 0 Å². The van der Waals surface area contributed by atoms with Gasteiger partial charge in [-0.2, -0.15) is 0 Å². The van der Waals surface area contributed by atoms with Crippen molar-refractivity contribution < 1.29 is 9.47 Å². The molecular weight excluding hydrogens is 262 g/mol. The molecule has 21 heavy (non-hydrogen) atoms. The van der Waals surface area contributed by atoms with E-state index in [1.165, 1.54) is 22.7 Å². The van der Waals surface area contributed by atoms with Crippen LogP contribution in [0.25, 0.3) is 21.8 Å². The lowest BCUT2D eigenvalue weighted by molar-refractivity contribution is -0.0268. The van der Waals surface area contributed by atoms with Crippen LogP contribution in [0.2, 0.25) is 0 Å². The second-order valence-corrected chi connectivity index (χ2v) is 5.56. The van der Waals surface area contributed by atoms with Crippen LogP contribution >= 0.6 is 0 Å². The van der Waals surface area contributed by atoms with Crippen molar-refractivity contribution in [2.45, 2.75) is 25.5 Å². The summed E-state index contributed by atoms with van der Waals surface area (Å²) in [5.41, 5.74) is 2.37. The monoisotopic (exact) mass is 281 g/mol. The lowest BCUT2D eigenvalue weighted by Gasteiger charge is -2.26. The maximum Gasteiger partial charge on any atom is 0.143 e. The van der Waals surface area contributed by atoms with Crippen LogP contribution in [0.3, 0.4) is 0 Å². The second-order valence-electron chi connectivity index (χ2n) is 5.56. The fourth-order valence-corrected chi connectivity index (χ4v) is 3.41. The highest BCUT2D eigenvalue weighted by atomic mass is 16.5. The Morgan fingerprint density at radius 1 is 1.05 bits per heavy atom. The van der Waals surface area contributed by atoms with E-state index in [-0.39, 0.29) is 6.23 Å². The highest BCUT2D eigenvalue weighted by Gasteiger charge is 2.22. The van der Waals surface area contributed by atoms with Gasteiger partial charge in [0, 0.05) is 17.4 Å². The number of rotatable bonds is 2. The van der Waals surface area contributed by atoms with Gasteiger partial charge in [-0.05, 0) is 31.4 Å². The first-order valence-electron chi connectivity index (χ1n) is 7.57. The molecule has 2 heterocycles. The van der Waals surface area contributed by atoms with E-state index >= 15 is 0 Å². The zero-order chi connectivity index (χ0) is 14.2. The van der Waals surface area contributed by atoms with E-state index in [0.29, 0.717) is 0 Å². The van der Waals surface area contributed by atoms with Crippen molar-refractivity contribution in [2.24, 2.45) is 0 Å². The Hall–Kier alpha value is -2.00. The molecule has 4 rings (SSSR count). The largest absolute Gasteiger partial charge is 0.495 e. The molecule has 3 nitrogen and oxygen atoms in total. The van der Waals surface area contributed by atoms with Gasteiger partial charge in [-0.25, -0.2) is 0 Å². The highest BCUT2D eigenvalue weighted by molar-refractivity contribution is 6.10. The number of methoxy groups -OCH3 is 1. The van der Waals surface area contributed by atoms with Gasteiger partial charge in [0.05, 0.1) is 18.1 Å². The summed E-state index contributed by atoms with van der Waals surface area (Å²) in [5.74, 6) is 0.915. The van der Waals surface area contributed by atoms with Crippen molar-refractivity contribution in [3.63, 3.8) is 0 Å². The number of benzene rings is 2. The normalized spacial score (nSPS) is 19.2. The molecule has 1 aliphatic rings. The molecule has 0 bridgehead atoms. The van der Waals surface area contributed by atoms with E-state index in [2.05, 4.69) is 41.0 Å². The van der Waals surface area contributed by atoms with Gasteiger partial charge >= 0.3 is 0 Å². The number of fused-ring (bicyclic) bond motifs is 3. The Morgan fingerprint density at radius 3 is 2.71 bits per heavy atom. The molecule has 0 saturated carbocycles. The lowest BCUT2D eigenvalue weighted by atomic mass is 10.1. The first-order valence-corrected chi connectivity index (χ1v) is 7.57. The predicted molar refractivity (Wildman–Crippen MR) is 84.8 cm³/mol. The van der Waals surface area contributed by atoms with Gasteiger partial charge in [0.2, 0.25) is 0 Å². The molecule has 1 aromatic heterocycles. The molecule has 1 saturated heterocycles. The molecule has 0 amide bonds. The second kappa shape index (κ2) is 5.08. The molecule has 1 fully saturated rings. The quantitative estimate of drug-likeness (QED) is 0.690. The first-order chi connectivity index (χ1) is 10.4. The Morgan fingerprint density at radius 2 is 1.90 bits per heavy atom. The van der Waals surface area contributed by atoms with Gasteiger partial charge in [-0.1, -0.05) is 30.3 Å². The number of aromatic nitrogens is 1. The molecule has 1 atom stereocenters. The van der Waals surface area contributed by atoms with Crippen LogP contribution in [0.5, 0.6) is 5.75 Å². The summed E-state index contributed by atoms with van der Waals surface area (Å²) in [6.07, 6.45) is 3.54. The van der Waals surface area contributed by atoms with Crippen molar-refractivity contribution in [1.29, 1.82) is 0 Å². The van der Waals surface area contributed by atoms with Gasteiger partial charge in [-0.15, -0.1) is 0 Å². The number of ether oxygens (including phenoxy) is 2. The van der Waals surface area contributed by atoms with Crippen LogP contribution < -0.4 is 4.74 Å². The minimum Gasteiger partial charge on any atom is -0.495 e. The fraction of sp³-hybridized carbons (Fsp3) is 0.333. The topological polar surface area (TPSA) is 23.4 Å². The zero-order valence-electron chi connectivity index (χ0n) is 12.2. The molecule has 108 valence electrons. The van der Waals surface area contributed by atoms with Gasteiger partial charge in [0.1, 0.15) is 12.0 Å². The number of hydrogen-bond acceptors (Lipinski definition) is 2. The maximum absolute atomic E-state index is 6.05. The molecule has 3 heteroatoms. The minimum atomic E-state index is 0.109. The standard InChI is InChI=1S/C18H19NO2/c1-20-16-10-6-8-14-13-7-2-3-9-15(13)19(18(14)16)17-11-4-5-12-21-17/h2-3,6-10,17H,4-5,11-12H2,1H3. The fourth-order valence-electron chi connectivity index (χ4n) is 3.41. The molecule has 2 aromatic carbocycles. The molecule has 0 radical (unpaired) electrons. The maximum atomic E-state index is 6.05. The summed E-state index contributed by atoms with van der Waals surface area (Å²) in [5, 5.41) is 2.50. The summed E-state index contributed by atoms with van der Waals surface area (Å²) in [6, 6.07) is 14.8. The SMILES string of the molecule is COc1cccc2c3ccccc3n(C3CCCCO3)c12. The van der Waals surface area contributed by atoms with Crippen LogP contribution in [0.15, 0.2) is 42.5 Å². The third-order valence-electron chi connectivity index (χ3n) is 4.36. The Kier molecular flexibility index (Phi) is 3.08. The minimum absolute atomic E-state index is 0.109. The van der Waals surface area contributed by atoms with Crippen LogP contribution in [-0.4, -0.2) is 18.3 Å². The predicted octanol–water partition coefficient (Wildman–Crippen LogP) is 4.50. The van der Waals surface area contributed by atoms with Crippen molar-refractivity contribution in [1.82, 2.24) is 4.57 Å². The molecular formula is C18H19NO2. The average molecular weight is 281 g/mol. The zero-order valence-corrected chi connectivity index (χ0v) is 12.2. The van der Waals surface area contributed by atoms with Crippen LogP contribution in [-0.2, 0) is 4.74 Å². The number of para-hydroxylation sites is 2. The Bertz CT molecular complexity index is 784. The third-order valence-corrected chi connectivity index (χ3v) is 4.36. The molecule has 1 unspecified atom stereocenters. The van der Waals surface area contributed by atoms with E-state index in [9.17, 15) is 0 Å². The van der Waals surface area contributed by atoms with Gasteiger partial charge < -0.3 is 14.0 Å². The summed E-state index contributed by atoms with van der Waals surface area (Å²) < 4.78 is 14.0. The van der Waals surface area contributed by atoms with E-state index in [4.69, 9.17) is 9.47 Å². The van der Waals surface area contributed by atoms with Crippen LogP contribution in [0.1, 0.15) is 25.5 Å². The van der Waals surface area contributed by atoms with E-state index in [1.54, 1.807) is 7.11 Å². The molecule has 0 aliphatic carbocycles. The van der Waals surface area contributed by atoms with Crippen molar-refractivity contribution >= 4 is 21.8 Å². The summed E-state index contributed by atoms with van der Waals surface area (Å²) >= 11 is 0. The molecule has 1 aliphatic heterocycles. The van der Waals surface area contributed by atoms with Gasteiger partial charge in [-0.3, -0.25) is 0 Å². The van der Waals surface area contributed by atoms with Crippen molar-refractivity contribution in [3.8, 4) is 5.75 Å². The molecule has 3 aromatic rings. The summed E-state index contributed by atoms with van der Waals surface area (Å²) in [7, 11) is 1.73.